The van der Waals surface area contributed by atoms with Crippen LogP contribution < -0.4 is 4.74 Å². The molecular formula is C25H18N4O. The van der Waals surface area contributed by atoms with Gasteiger partial charge in [0, 0.05) is 28.7 Å². The zero-order valence-electron chi connectivity index (χ0n) is 16.4. The molecule has 5 nitrogen and oxygen atoms in total. The molecule has 0 saturated carbocycles. The quantitative estimate of drug-likeness (QED) is 0.424. The number of hydrogen-bond acceptors (Lipinski definition) is 5. The van der Waals surface area contributed by atoms with Gasteiger partial charge in [0.05, 0.1) is 18.5 Å². The van der Waals surface area contributed by atoms with Crippen LogP contribution >= 0.6 is 0 Å². The fourth-order valence-electron chi connectivity index (χ4n) is 3.35. The monoisotopic (exact) mass is 390 g/mol. The van der Waals surface area contributed by atoms with Gasteiger partial charge in [-0.1, -0.05) is 12.1 Å². The molecule has 0 unspecified atom stereocenters. The van der Waals surface area contributed by atoms with E-state index in [1.807, 2.05) is 72.8 Å². The van der Waals surface area contributed by atoms with E-state index in [1.165, 1.54) is 0 Å². The standard InChI is InChI=1S/C25H18N4O/c1-30-20-10-6-17(7-11-20)16-21(22-12-8-18-4-2-14-26-24(18)28-22)23-13-9-19-5-3-15-27-25(19)29-23/h2-16H,1H3. The highest BCUT2D eigenvalue weighted by atomic mass is 16.5. The Morgan fingerprint density at radius 2 is 1.27 bits per heavy atom. The van der Waals surface area contributed by atoms with Gasteiger partial charge >= 0.3 is 0 Å². The molecule has 0 fully saturated rings. The molecule has 144 valence electrons. The summed E-state index contributed by atoms with van der Waals surface area (Å²) in [7, 11) is 1.66. The zero-order valence-corrected chi connectivity index (χ0v) is 16.4. The molecule has 30 heavy (non-hydrogen) atoms. The van der Waals surface area contributed by atoms with Gasteiger partial charge in [-0.15, -0.1) is 0 Å². The molecule has 0 radical (unpaired) electrons. The summed E-state index contributed by atoms with van der Waals surface area (Å²) in [6.45, 7) is 0. The molecule has 4 aromatic heterocycles. The summed E-state index contributed by atoms with van der Waals surface area (Å²) in [5.41, 5.74) is 4.94. The lowest BCUT2D eigenvalue weighted by Gasteiger charge is -2.09. The molecule has 5 aromatic rings. The highest BCUT2D eigenvalue weighted by Crippen LogP contribution is 2.27. The number of nitrogens with zero attached hydrogens (tertiary/aromatic N) is 4. The van der Waals surface area contributed by atoms with Gasteiger partial charge in [-0.2, -0.15) is 0 Å². The Hall–Kier alpha value is -4.12. The molecule has 0 N–H and O–H groups in total. The van der Waals surface area contributed by atoms with Crippen molar-refractivity contribution in [1.82, 2.24) is 19.9 Å². The Bertz CT molecular complexity index is 1300. The summed E-state index contributed by atoms with van der Waals surface area (Å²) in [5, 5.41) is 2.00. The minimum Gasteiger partial charge on any atom is -0.497 e. The molecule has 0 aliphatic heterocycles. The van der Waals surface area contributed by atoms with E-state index in [9.17, 15) is 0 Å². The first-order chi connectivity index (χ1) is 14.8. The molecule has 0 aliphatic rings. The van der Waals surface area contributed by atoms with E-state index in [1.54, 1.807) is 19.5 Å². The Morgan fingerprint density at radius 3 is 1.80 bits per heavy atom. The number of pyridine rings is 4. The van der Waals surface area contributed by atoms with Crippen LogP contribution in [0.2, 0.25) is 0 Å². The number of rotatable bonds is 4. The second-order valence-electron chi connectivity index (χ2n) is 6.82. The van der Waals surface area contributed by atoms with Gasteiger partial charge in [-0.05, 0) is 72.3 Å². The van der Waals surface area contributed by atoms with Crippen molar-refractivity contribution in [2.45, 2.75) is 0 Å². The molecular weight excluding hydrogens is 372 g/mol. The summed E-state index contributed by atoms with van der Waals surface area (Å²) in [6, 6.07) is 23.8. The second kappa shape index (κ2) is 7.72. The van der Waals surface area contributed by atoms with Gasteiger partial charge in [0.1, 0.15) is 5.75 Å². The molecule has 0 saturated heterocycles. The lowest BCUT2D eigenvalue weighted by molar-refractivity contribution is 0.415. The lowest BCUT2D eigenvalue weighted by atomic mass is 10.0. The maximum atomic E-state index is 5.28. The molecule has 5 rings (SSSR count). The van der Waals surface area contributed by atoms with Crippen LogP contribution in [-0.2, 0) is 0 Å². The maximum absolute atomic E-state index is 5.28. The number of fused-ring (bicyclic) bond motifs is 2. The third kappa shape index (κ3) is 3.49. The first-order valence-corrected chi connectivity index (χ1v) is 9.60. The minimum atomic E-state index is 0.703. The average molecular weight is 390 g/mol. The zero-order chi connectivity index (χ0) is 20.3. The minimum absolute atomic E-state index is 0.703. The van der Waals surface area contributed by atoms with Crippen molar-refractivity contribution in [3.8, 4) is 5.75 Å². The van der Waals surface area contributed by atoms with Crippen LogP contribution in [-0.4, -0.2) is 27.0 Å². The Morgan fingerprint density at radius 1 is 0.700 bits per heavy atom. The molecule has 0 amide bonds. The van der Waals surface area contributed by atoms with E-state index in [-0.39, 0.29) is 0 Å². The first-order valence-electron chi connectivity index (χ1n) is 9.60. The number of ether oxygens (including phenoxy) is 1. The van der Waals surface area contributed by atoms with Gasteiger partial charge in [-0.3, -0.25) is 0 Å². The molecule has 5 heteroatoms. The van der Waals surface area contributed by atoms with Crippen LogP contribution in [0.15, 0.2) is 85.2 Å². The normalized spacial score (nSPS) is 10.8. The van der Waals surface area contributed by atoms with Crippen molar-refractivity contribution in [3.05, 3.63) is 102 Å². The van der Waals surface area contributed by atoms with E-state index in [2.05, 4.69) is 16.0 Å². The Labute approximate surface area is 173 Å². The van der Waals surface area contributed by atoms with Crippen molar-refractivity contribution in [3.63, 3.8) is 0 Å². The molecule has 0 atom stereocenters. The van der Waals surface area contributed by atoms with Crippen molar-refractivity contribution in [2.75, 3.05) is 7.11 Å². The van der Waals surface area contributed by atoms with Crippen LogP contribution in [0.3, 0.4) is 0 Å². The number of aromatic nitrogens is 4. The summed E-state index contributed by atoms with van der Waals surface area (Å²) in [5.74, 6) is 0.815. The summed E-state index contributed by atoms with van der Waals surface area (Å²) < 4.78 is 5.28. The fourth-order valence-corrected chi connectivity index (χ4v) is 3.35. The van der Waals surface area contributed by atoms with Gasteiger partial charge in [0.2, 0.25) is 0 Å². The second-order valence-corrected chi connectivity index (χ2v) is 6.82. The smallest absolute Gasteiger partial charge is 0.159 e. The van der Waals surface area contributed by atoms with E-state index in [0.29, 0.717) is 11.3 Å². The predicted octanol–water partition coefficient (Wildman–Crippen LogP) is 5.17. The van der Waals surface area contributed by atoms with Crippen molar-refractivity contribution in [2.24, 2.45) is 0 Å². The number of hydrogen-bond donors (Lipinski definition) is 0. The van der Waals surface area contributed by atoms with E-state index < -0.39 is 0 Å². The highest BCUT2D eigenvalue weighted by molar-refractivity contribution is 5.92. The van der Waals surface area contributed by atoms with Crippen LogP contribution in [0, 0.1) is 0 Å². The van der Waals surface area contributed by atoms with Crippen molar-refractivity contribution < 1.29 is 4.74 Å². The molecule has 0 bridgehead atoms. The lowest BCUT2D eigenvalue weighted by Crippen LogP contribution is -1.97. The average Bonchev–Trinajstić information content (AvgIpc) is 2.82. The van der Waals surface area contributed by atoms with Crippen LogP contribution in [0.5, 0.6) is 5.75 Å². The largest absolute Gasteiger partial charge is 0.497 e. The van der Waals surface area contributed by atoms with Gasteiger partial charge < -0.3 is 4.74 Å². The summed E-state index contributed by atoms with van der Waals surface area (Å²) in [6.07, 6.45) is 5.59. The maximum Gasteiger partial charge on any atom is 0.159 e. The van der Waals surface area contributed by atoms with Crippen LogP contribution in [0.25, 0.3) is 33.7 Å². The van der Waals surface area contributed by atoms with Gasteiger partial charge in [0.15, 0.2) is 11.3 Å². The topological polar surface area (TPSA) is 60.8 Å². The molecule has 1 aromatic carbocycles. The van der Waals surface area contributed by atoms with E-state index in [0.717, 1.165) is 39.0 Å². The van der Waals surface area contributed by atoms with Gasteiger partial charge in [-0.25, -0.2) is 19.9 Å². The molecule has 0 aliphatic carbocycles. The first kappa shape index (κ1) is 17.9. The van der Waals surface area contributed by atoms with Crippen molar-refractivity contribution >= 4 is 33.7 Å². The third-order valence-corrected chi connectivity index (χ3v) is 4.91. The fraction of sp³-hybridized carbons (Fsp3) is 0.0400. The summed E-state index contributed by atoms with van der Waals surface area (Å²) in [4.78, 5) is 18.4. The van der Waals surface area contributed by atoms with E-state index >= 15 is 0 Å². The number of benzene rings is 1. The summed E-state index contributed by atoms with van der Waals surface area (Å²) >= 11 is 0. The van der Waals surface area contributed by atoms with Crippen LogP contribution in [0.1, 0.15) is 17.0 Å². The van der Waals surface area contributed by atoms with Crippen LogP contribution in [0.4, 0.5) is 0 Å². The van der Waals surface area contributed by atoms with Gasteiger partial charge in [0.25, 0.3) is 0 Å². The Balaban J connectivity index is 1.69. The van der Waals surface area contributed by atoms with E-state index in [4.69, 9.17) is 14.7 Å². The van der Waals surface area contributed by atoms with Crippen molar-refractivity contribution in [1.29, 1.82) is 0 Å². The molecule has 4 heterocycles. The highest BCUT2D eigenvalue weighted by Gasteiger charge is 2.11. The third-order valence-electron chi connectivity index (χ3n) is 4.91. The Kier molecular flexibility index (Phi) is 4.62. The SMILES string of the molecule is COc1ccc(C=C(c2ccc3cccnc3n2)c2ccc3cccnc3n2)cc1. The molecule has 0 spiro atoms. The predicted molar refractivity (Wildman–Crippen MR) is 119 cm³/mol. The number of methoxy groups -OCH3 is 1.